The van der Waals surface area contributed by atoms with Crippen LogP contribution in [0.25, 0.3) is 0 Å². The Labute approximate surface area is 68.4 Å². The van der Waals surface area contributed by atoms with E-state index in [0.717, 1.165) is 12.8 Å². The van der Waals surface area contributed by atoms with Crippen LogP contribution >= 0.6 is 0 Å². The summed E-state index contributed by atoms with van der Waals surface area (Å²) in [7, 11) is 0. The third-order valence-electron chi connectivity index (χ3n) is 2.36. The summed E-state index contributed by atoms with van der Waals surface area (Å²) in [6.45, 7) is 6.24. The molecule has 0 spiro atoms. The molecule has 0 amide bonds. The van der Waals surface area contributed by atoms with Crippen LogP contribution in [0, 0.1) is 5.92 Å². The molecule has 0 radical (unpaired) electrons. The van der Waals surface area contributed by atoms with Crippen LogP contribution in [0.3, 0.4) is 0 Å². The van der Waals surface area contributed by atoms with E-state index in [0.29, 0.717) is 5.92 Å². The average Bonchev–Trinajstić information content (AvgIpc) is 2.05. The highest BCUT2D eigenvalue weighted by Crippen LogP contribution is 2.28. The van der Waals surface area contributed by atoms with Gasteiger partial charge in [-0.3, -0.25) is 0 Å². The highest BCUT2D eigenvalue weighted by Gasteiger charge is 2.14. The molecule has 62 valence electrons. The molecule has 0 unspecified atom stereocenters. The smallest absolute Gasteiger partial charge is 0.0641 e. The maximum atomic E-state index is 8.89. The van der Waals surface area contributed by atoms with E-state index >= 15 is 0 Å². The third-order valence-corrected chi connectivity index (χ3v) is 2.36. The number of allylic oxidation sites excluding steroid dienone is 2. The molecule has 1 nitrogen and oxygen atoms in total. The van der Waals surface area contributed by atoms with Gasteiger partial charge >= 0.3 is 0 Å². The van der Waals surface area contributed by atoms with Gasteiger partial charge in [0, 0.05) is 0 Å². The Morgan fingerprint density at radius 1 is 1.82 bits per heavy atom. The lowest BCUT2D eigenvalue weighted by Gasteiger charge is -2.21. The summed E-state index contributed by atoms with van der Waals surface area (Å²) >= 11 is 0. The minimum Gasteiger partial charge on any atom is -0.392 e. The number of rotatable bonds is 2. The molecule has 0 aromatic heterocycles. The standard InChI is InChI=1S/C10H16O/c1-8(2)10-5-3-4-9(6-10)7-11/h4,10-11H,1,3,5-7H2,2H3/t10-/m0/s1. The van der Waals surface area contributed by atoms with Crippen molar-refractivity contribution in [3.05, 3.63) is 23.8 Å². The minimum atomic E-state index is 0.226. The summed E-state index contributed by atoms with van der Waals surface area (Å²) in [4.78, 5) is 0. The third kappa shape index (κ3) is 2.19. The van der Waals surface area contributed by atoms with E-state index in [1.54, 1.807) is 0 Å². The molecule has 0 aromatic rings. The first-order valence-electron chi connectivity index (χ1n) is 4.18. The number of aliphatic hydroxyl groups excluding tert-OH is 1. The second-order valence-corrected chi connectivity index (χ2v) is 3.35. The predicted molar refractivity (Wildman–Crippen MR) is 47.3 cm³/mol. The summed E-state index contributed by atoms with van der Waals surface area (Å²) in [6.07, 6.45) is 5.48. The van der Waals surface area contributed by atoms with Crippen molar-refractivity contribution in [3.63, 3.8) is 0 Å². The first-order chi connectivity index (χ1) is 5.24. The van der Waals surface area contributed by atoms with Crippen molar-refractivity contribution in [2.45, 2.75) is 26.2 Å². The Kier molecular flexibility index (Phi) is 2.89. The Morgan fingerprint density at radius 3 is 3.09 bits per heavy atom. The number of aliphatic hydroxyl groups is 1. The molecule has 0 saturated carbocycles. The molecule has 0 saturated heterocycles. The van der Waals surface area contributed by atoms with Gasteiger partial charge in [-0.15, -0.1) is 0 Å². The van der Waals surface area contributed by atoms with E-state index in [4.69, 9.17) is 5.11 Å². The Balaban J connectivity index is 2.53. The van der Waals surface area contributed by atoms with Crippen molar-refractivity contribution in [2.24, 2.45) is 5.92 Å². The van der Waals surface area contributed by atoms with Gasteiger partial charge in [-0.2, -0.15) is 0 Å². The molecular formula is C10H16O. The number of hydrogen-bond acceptors (Lipinski definition) is 1. The van der Waals surface area contributed by atoms with Crippen LogP contribution in [0.2, 0.25) is 0 Å². The van der Waals surface area contributed by atoms with Crippen molar-refractivity contribution in [3.8, 4) is 0 Å². The topological polar surface area (TPSA) is 20.2 Å². The minimum absolute atomic E-state index is 0.226. The zero-order valence-corrected chi connectivity index (χ0v) is 7.14. The van der Waals surface area contributed by atoms with Crippen LogP contribution in [0.4, 0.5) is 0 Å². The molecule has 0 bridgehead atoms. The molecule has 0 heterocycles. The summed E-state index contributed by atoms with van der Waals surface area (Å²) < 4.78 is 0. The lowest BCUT2D eigenvalue weighted by Crippen LogP contribution is -2.09. The zero-order valence-electron chi connectivity index (χ0n) is 7.14. The van der Waals surface area contributed by atoms with Gasteiger partial charge in [0.05, 0.1) is 6.61 Å². The maximum Gasteiger partial charge on any atom is 0.0641 e. The summed E-state index contributed by atoms with van der Waals surface area (Å²) in [6, 6.07) is 0. The second-order valence-electron chi connectivity index (χ2n) is 3.35. The maximum absolute atomic E-state index is 8.89. The fourth-order valence-corrected chi connectivity index (χ4v) is 1.54. The zero-order chi connectivity index (χ0) is 8.27. The first kappa shape index (κ1) is 8.54. The van der Waals surface area contributed by atoms with Gasteiger partial charge in [0.25, 0.3) is 0 Å². The van der Waals surface area contributed by atoms with Crippen molar-refractivity contribution in [2.75, 3.05) is 6.61 Å². The molecule has 11 heavy (non-hydrogen) atoms. The molecule has 1 aliphatic carbocycles. The van der Waals surface area contributed by atoms with E-state index in [-0.39, 0.29) is 6.61 Å². The molecule has 0 aromatic carbocycles. The largest absolute Gasteiger partial charge is 0.392 e. The van der Waals surface area contributed by atoms with Crippen LogP contribution in [0.1, 0.15) is 26.2 Å². The van der Waals surface area contributed by atoms with Crippen LogP contribution < -0.4 is 0 Å². The fourth-order valence-electron chi connectivity index (χ4n) is 1.54. The van der Waals surface area contributed by atoms with Crippen LogP contribution in [0.5, 0.6) is 0 Å². The predicted octanol–water partition coefficient (Wildman–Crippen LogP) is 2.28. The van der Waals surface area contributed by atoms with E-state index in [2.05, 4.69) is 19.6 Å². The fraction of sp³-hybridized carbons (Fsp3) is 0.600. The Morgan fingerprint density at radius 2 is 2.55 bits per heavy atom. The lowest BCUT2D eigenvalue weighted by molar-refractivity contribution is 0.316. The molecule has 1 rings (SSSR count). The van der Waals surface area contributed by atoms with Gasteiger partial charge in [-0.05, 0) is 37.7 Å². The average molecular weight is 152 g/mol. The van der Waals surface area contributed by atoms with Gasteiger partial charge in [0.15, 0.2) is 0 Å². The SMILES string of the molecule is C=C(C)[C@H]1CCC=C(CO)C1. The summed E-state index contributed by atoms with van der Waals surface area (Å²) in [5.41, 5.74) is 2.44. The molecule has 1 atom stereocenters. The highest BCUT2D eigenvalue weighted by atomic mass is 16.3. The van der Waals surface area contributed by atoms with Gasteiger partial charge < -0.3 is 5.11 Å². The van der Waals surface area contributed by atoms with Gasteiger partial charge in [0.2, 0.25) is 0 Å². The summed E-state index contributed by atoms with van der Waals surface area (Å²) in [5.74, 6) is 0.613. The lowest BCUT2D eigenvalue weighted by atomic mass is 9.85. The molecule has 1 aliphatic rings. The molecule has 1 heteroatoms. The van der Waals surface area contributed by atoms with E-state index in [9.17, 15) is 0 Å². The first-order valence-corrected chi connectivity index (χ1v) is 4.18. The molecule has 0 aliphatic heterocycles. The van der Waals surface area contributed by atoms with Crippen LogP contribution in [-0.2, 0) is 0 Å². The van der Waals surface area contributed by atoms with Crippen molar-refractivity contribution in [1.82, 2.24) is 0 Å². The van der Waals surface area contributed by atoms with Gasteiger partial charge in [-0.1, -0.05) is 18.2 Å². The Hall–Kier alpha value is -0.560. The van der Waals surface area contributed by atoms with Gasteiger partial charge in [0.1, 0.15) is 0 Å². The highest BCUT2D eigenvalue weighted by molar-refractivity contribution is 5.12. The van der Waals surface area contributed by atoms with E-state index < -0.39 is 0 Å². The summed E-state index contributed by atoms with van der Waals surface area (Å²) in [5, 5.41) is 8.89. The Bertz CT molecular complexity index is 179. The monoisotopic (exact) mass is 152 g/mol. The number of hydrogen-bond donors (Lipinski definition) is 1. The van der Waals surface area contributed by atoms with Crippen molar-refractivity contribution < 1.29 is 5.11 Å². The van der Waals surface area contributed by atoms with Crippen molar-refractivity contribution in [1.29, 1.82) is 0 Å². The normalized spacial score (nSPS) is 24.5. The molecular weight excluding hydrogens is 136 g/mol. The van der Waals surface area contributed by atoms with Crippen LogP contribution in [-0.4, -0.2) is 11.7 Å². The van der Waals surface area contributed by atoms with E-state index in [1.807, 2.05) is 0 Å². The quantitative estimate of drug-likeness (QED) is 0.602. The van der Waals surface area contributed by atoms with E-state index in [1.165, 1.54) is 17.6 Å². The van der Waals surface area contributed by atoms with Crippen LogP contribution in [0.15, 0.2) is 23.8 Å². The van der Waals surface area contributed by atoms with Crippen molar-refractivity contribution >= 4 is 0 Å². The van der Waals surface area contributed by atoms with Gasteiger partial charge in [-0.25, -0.2) is 0 Å². The second kappa shape index (κ2) is 3.72. The molecule has 0 fully saturated rings. The molecule has 1 N–H and O–H groups in total.